The highest BCUT2D eigenvalue weighted by Crippen LogP contribution is 2.20. The highest BCUT2D eigenvalue weighted by molar-refractivity contribution is 7.13. The fraction of sp³-hybridized carbons (Fsp3) is 0.143. The summed E-state index contributed by atoms with van der Waals surface area (Å²) in [5.74, 6) is -0.641. The molecular formula is C14H13N5O3S. The first kappa shape index (κ1) is 15.0. The Labute approximate surface area is 134 Å². The lowest BCUT2D eigenvalue weighted by Crippen LogP contribution is -2.12. The Bertz CT molecular complexity index is 882. The van der Waals surface area contributed by atoms with Gasteiger partial charge in [-0.15, -0.1) is 11.3 Å². The summed E-state index contributed by atoms with van der Waals surface area (Å²) < 4.78 is 4.47. The molecule has 0 spiro atoms. The Morgan fingerprint density at radius 1 is 1.43 bits per heavy atom. The number of hydrogen-bond donors (Lipinski definition) is 3. The average Bonchev–Trinajstić information content (AvgIpc) is 3.17. The van der Waals surface area contributed by atoms with Crippen molar-refractivity contribution >= 4 is 28.1 Å². The van der Waals surface area contributed by atoms with Crippen molar-refractivity contribution in [1.82, 2.24) is 15.1 Å². The molecule has 0 unspecified atom stereocenters. The number of aromatic amines is 1. The van der Waals surface area contributed by atoms with Crippen molar-refractivity contribution in [3.8, 4) is 11.4 Å². The molecule has 8 nitrogen and oxygen atoms in total. The minimum Gasteiger partial charge on any atom is -0.362 e. The minimum absolute atomic E-state index is 0.300. The number of benzene rings is 1. The maximum Gasteiger partial charge on any atom is 0.439 e. The van der Waals surface area contributed by atoms with Crippen molar-refractivity contribution in [2.45, 2.75) is 6.92 Å². The maximum absolute atomic E-state index is 12.2. The summed E-state index contributed by atoms with van der Waals surface area (Å²) in [6.07, 6.45) is 0. The molecule has 0 bridgehead atoms. The summed E-state index contributed by atoms with van der Waals surface area (Å²) >= 11 is 1.37. The Kier molecular flexibility index (Phi) is 4.20. The number of thiazole rings is 1. The second kappa shape index (κ2) is 6.44. The van der Waals surface area contributed by atoms with Crippen molar-refractivity contribution < 1.29 is 9.32 Å². The number of carbonyl (C=O) groups is 1. The Morgan fingerprint density at radius 3 is 3.04 bits per heavy atom. The van der Waals surface area contributed by atoms with E-state index in [9.17, 15) is 9.59 Å². The smallest absolute Gasteiger partial charge is 0.362 e. The predicted molar refractivity (Wildman–Crippen MR) is 86.8 cm³/mol. The van der Waals surface area contributed by atoms with Gasteiger partial charge in [-0.1, -0.05) is 17.3 Å². The van der Waals surface area contributed by atoms with Crippen LogP contribution in [0.5, 0.6) is 0 Å². The Balaban J connectivity index is 1.77. The SMILES string of the molecule is CCNc1nc(C(=O)Nc2cccc(-c3noc(=O)[nH]3)c2)cs1. The highest BCUT2D eigenvalue weighted by atomic mass is 32.1. The fourth-order valence-electron chi connectivity index (χ4n) is 1.90. The van der Waals surface area contributed by atoms with E-state index >= 15 is 0 Å². The van der Waals surface area contributed by atoms with Crippen molar-refractivity contribution in [1.29, 1.82) is 0 Å². The number of amides is 1. The van der Waals surface area contributed by atoms with Crippen molar-refractivity contribution in [3.63, 3.8) is 0 Å². The van der Waals surface area contributed by atoms with Gasteiger partial charge in [-0.25, -0.2) is 9.78 Å². The zero-order valence-corrected chi connectivity index (χ0v) is 12.9. The summed E-state index contributed by atoms with van der Waals surface area (Å²) in [6, 6.07) is 6.90. The number of carbonyl (C=O) groups excluding carboxylic acids is 1. The van der Waals surface area contributed by atoms with E-state index in [-0.39, 0.29) is 5.91 Å². The lowest BCUT2D eigenvalue weighted by atomic mass is 10.2. The number of nitrogens with zero attached hydrogens (tertiary/aromatic N) is 2. The molecule has 9 heteroatoms. The van der Waals surface area contributed by atoms with Crippen LogP contribution in [0.25, 0.3) is 11.4 Å². The van der Waals surface area contributed by atoms with E-state index in [0.29, 0.717) is 27.9 Å². The minimum atomic E-state index is -0.632. The van der Waals surface area contributed by atoms with Gasteiger partial charge < -0.3 is 10.6 Å². The van der Waals surface area contributed by atoms with Crippen LogP contribution >= 0.6 is 11.3 Å². The van der Waals surface area contributed by atoms with Gasteiger partial charge in [0.05, 0.1) is 0 Å². The van der Waals surface area contributed by atoms with Gasteiger partial charge in [0.1, 0.15) is 5.69 Å². The fourth-order valence-corrected chi connectivity index (χ4v) is 2.67. The molecule has 3 aromatic rings. The van der Waals surface area contributed by atoms with Gasteiger partial charge in [0, 0.05) is 23.2 Å². The largest absolute Gasteiger partial charge is 0.439 e. The monoisotopic (exact) mass is 331 g/mol. The van der Waals surface area contributed by atoms with Gasteiger partial charge in [-0.2, -0.15) is 0 Å². The zero-order valence-electron chi connectivity index (χ0n) is 12.1. The quantitative estimate of drug-likeness (QED) is 0.660. The summed E-state index contributed by atoms with van der Waals surface area (Å²) in [7, 11) is 0. The van der Waals surface area contributed by atoms with Crippen LogP contribution in [-0.4, -0.2) is 27.6 Å². The summed E-state index contributed by atoms with van der Waals surface area (Å²) in [6.45, 7) is 2.70. The predicted octanol–water partition coefficient (Wildman–Crippen LogP) is 2.17. The van der Waals surface area contributed by atoms with Crippen LogP contribution < -0.4 is 16.4 Å². The standard InChI is InChI=1S/C14H13N5O3S/c1-2-15-13-17-10(7-23-13)12(20)16-9-5-3-4-8(6-9)11-18-14(21)22-19-11/h3-7H,2H2,1H3,(H,15,17)(H,16,20)(H,18,19,21). The molecule has 2 heterocycles. The number of aromatic nitrogens is 3. The van der Waals surface area contributed by atoms with E-state index in [1.807, 2.05) is 6.92 Å². The first-order chi connectivity index (χ1) is 11.2. The van der Waals surface area contributed by atoms with Crippen LogP contribution in [0.2, 0.25) is 0 Å². The van der Waals surface area contributed by atoms with Crippen molar-refractivity contribution in [2.24, 2.45) is 0 Å². The Hall–Kier alpha value is -2.94. The highest BCUT2D eigenvalue weighted by Gasteiger charge is 2.12. The van der Waals surface area contributed by atoms with E-state index in [1.54, 1.807) is 29.6 Å². The summed E-state index contributed by atoms with van der Waals surface area (Å²) in [4.78, 5) is 29.9. The number of rotatable bonds is 5. The number of anilines is 2. The molecule has 0 atom stereocenters. The van der Waals surface area contributed by atoms with Crippen LogP contribution in [0.15, 0.2) is 39.0 Å². The zero-order chi connectivity index (χ0) is 16.2. The van der Waals surface area contributed by atoms with E-state index < -0.39 is 5.76 Å². The first-order valence-corrected chi connectivity index (χ1v) is 7.71. The van der Waals surface area contributed by atoms with E-state index in [2.05, 4.69) is 30.3 Å². The molecule has 3 N–H and O–H groups in total. The molecule has 1 amide bonds. The number of hydrogen-bond acceptors (Lipinski definition) is 7. The number of H-pyrrole nitrogens is 1. The molecule has 0 aliphatic carbocycles. The molecule has 0 radical (unpaired) electrons. The van der Waals surface area contributed by atoms with Gasteiger partial charge in [0.2, 0.25) is 0 Å². The van der Waals surface area contributed by atoms with Gasteiger partial charge in [0.15, 0.2) is 11.0 Å². The maximum atomic E-state index is 12.2. The van der Waals surface area contributed by atoms with Crippen LogP contribution in [0, 0.1) is 0 Å². The average molecular weight is 331 g/mol. The summed E-state index contributed by atoms with van der Waals surface area (Å²) in [5.41, 5.74) is 1.53. The topological polar surface area (TPSA) is 113 Å². The normalized spacial score (nSPS) is 10.5. The lowest BCUT2D eigenvalue weighted by molar-refractivity contribution is 0.102. The second-order valence-electron chi connectivity index (χ2n) is 4.55. The van der Waals surface area contributed by atoms with E-state index in [1.165, 1.54) is 11.3 Å². The molecule has 0 aliphatic heterocycles. The molecule has 3 rings (SSSR count). The lowest BCUT2D eigenvalue weighted by Gasteiger charge is -2.04. The molecule has 1 aromatic carbocycles. The van der Waals surface area contributed by atoms with Gasteiger partial charge >= 0.3 is 5.76 Å². The molecule has 23 heavy (non-hydrogen) atoms. The summed E-state index contributed by atoms with van der Waals surface area (Å²) in [5, 5.41) is 11.8. The van der Waals surface area contributed by atoms with Gasteiger partial charge in [0.25, 0.3) is 5.91 Å². The molecule has 0 fully saturated rings. The third-order valence-electron chi connectivity index (χ3n) is 2.90. The third kappa shape index (κ3) is 3.46. The Morgan fingerprint density at radius 2 is 2.30 bits per heavy atom. The van der Waals surface area contributed by atoms with Crippen molar-refractivity contribution in [3.05, 3.63) is 45.9 Å². The second-order valence-corrected chi connectivity index (χ2v) is 5.40. The van der Waals surface area contributed by atoms with Crippen LogP contribution in [0.3, 0.4) is 0 Å². The molecule has 0 aliphatic rings. The molecule has 0 saturated heterocycles. The van der Waals surface area contributed by atoms with Crippen LogP contribution in [0.4, 0.5) is 10.8 Å². The first-order valence-electron chi connectivity index (χ1n) is 6.83. The van der Waals surface area contributed by atoms with Crippen LogP contribution in [0.1, 0.15) is 17.4 Å². The third-order valence-corrected chi connectivity index (χ3v) is 3.70. The van der Waals surface area contributed by atoms with Gasteiger partial charge in [-0.3, -0.25) is 14.3 Å². The van der Waals surface area contributed by atoms with E-state index in [0.717, 1.165) is 6.54 Å². The molecule has 118 valence electrons. The molecule has 0 saturated carbocycles. The van der Waals surface area contributed by atoms with E-state index in [4.69, 9.17) is 0 Å². The molecule has 2 aromatic heterocycles. The van der Waals surface area contributed by atoms with Gasteiger partial charge in [-0.05, 0) is 19.1 Å². The van der Waals surface area contributed by atoms with Crippen LogP contribution in [-0.2, 0) is 0 Å². The van der Waals surface area contributed by atoms with Crippen molar-refractivity contribution in [2.75, 3.05) is 17.2 Å². The number of nitrogens with one attached hydrogen (secondary N) is 3. The molecular weight excluding hydrogens is 318 g/mol.